The van der Waals surface area contributed by atoms with Crippen molar-refractivity contribution in [1.29, 1.82) is 0 Å². The Balaban J connectivity index is 2.17. The zero-order valence-corrected chi connectivity index (χ0v) is 9.83. The molecule has 1 heterocycles. The van der Waals surface area contributed by atoms with E-state index >= 15 is 0 Å². The van der Waals surface area contributed by atoms with Gasteiger partial charge in [-0.25, -0.2) is 0 Å². The number of hydrogen-bond donors (Lipinski definition) is 2. The van der Waals surface area contributed by atoms with Crippen molar-refractivity contribution in [2.24, 2.45) is 11.7 Å². The summed E-state index contributed by atoms with van der Waals surface area (Å²) in [5.74, 6) is 0.797. The van der Waals surface area contributed by atoms with Crippen LogP contribution in [0.15, 0.2) is 0 Å². The highest BCUT2D eigenvalue weighted by atomic mass is 16.1. The summed E-state index contributed by atoms with van der Waals surface area (Å²) < 4.78 is 0. The van der Waals surface area contributed by atoms with Gasteiger partial charge < -0.3 is 16.0 Å². The summed E-state index contributed by atoms with van der Waals surface area (Å²) in [4.78, 5) is 13.4. The zero-order valence-electron chi connectivity index (χ0n) is 9.83. The maximum absolute atomic E-state index is 11.1. The van der Waals surface area contributed by atoms with Gasteiger partial charge in [0.1, 0.15) is 0 Å². The molecule has 1 amide bonds. The molecule has 0 radical (unpaired) electrons. The Kier molecular flexibility index (Phi) is 5.05. The standard InChI is InChI=1S/C11H23N3O/c1-9(12)10-3-6-14(7-4-10)8-5-11(15)13-2/h9-10H,3-8,12H2,1-2H3,(H,13,15). The van der Waals surface area contributed by atoms with E-state index in [1.165, 1.54) is 12.8 Å². The molecule has 1 aliphatic heterocycles. The molecule has 0 aromatic carbocycles. The van der Waals surface area contributed by atoms with Crippen molar-refractivity contribution in [3.63, 3.8) is 0 Å². The number of nitrogens with zero attached hydrogens (tertiary/aromatic N) is 1. The molecule has 0 saturated carbocycles. The Morgan fingerprint density at radius 3 is 2.60 bits per heavy atom. The van der Waals surface area contributed by atoms with Gasteiger partial charge >= 0.3 is 0 Å². The molecule has 0 aromatic heterocycles. The van der Waals surface area contributed by atoms with Crippen LogP contribution in [-0.4, -0.2) is 43.5 Å². The van der Waals surface area contributed by atoms with Crippen LogP contribution in [0.3, 0.4) is 0 Å². The number of nitrogens with two attached hydrogens (primary N) is 1. The molecule has 0 aliphatic carbocycles. The van der Waals surface area contributed by atoms with E-state index in [1.807, 2.05) is 0 Å². The Bertz CT molecular complexity index is 198. The van der Waals surface area contributed by atoms with Crippen molar-refractivity contribution in [2.45, 2.75) is 32.2 Å². The summed E-state index contributed by atoms with van der Waals surface area (Å²) in [5.41, 5.74) is 5.87. The van der Waals surface area contributed by atoms with Crippen molar-refractivity contribution in [1.82, 2.24) is 10.2 Å². The molecule has 1 aliphatic rings. The average molecular weight is 213 g/mol. The normalized spacial score (nSPS) is 21.3. The molecule has 15 heavy (non-hydrogen) atoms. The molecule has 1 rings (SSSR count). The molecule has 1 saturated heterocycles. The number of hydrogen-bond acceptors (Lipinski definition) is 3. The second kappa shape index (κ2) is 6.08. The second-order valence-electron chi connectivity index (χ2n) is 4.46. The van der Waals surface area contributed by atoms with Crippen LogP contribution in [0.2, 0.25) is 0 Å². The van der Waals surface area contributed by atoms with E-state index in [0.717, 1.165) is 19.6 Å². The molecule has 1 unspecified atom stereocenters. The molecule has 0 aromatic rings. The lowest BCUT2D eigenvalue weighted by Gasteiger charge is -2.33. The topological polar surface area (TPSA) is 58.4 Å². The van der Waals surface area contributed by atoms with E-state index < -0.39 is 0 Å². The van der Waals surface area contributed by atoms with Crippen LogP contribution < -0.4 is 11.1 Å². The highest BCUT2D eigenvalue weighted by Gasteiger charge is 2.21. The highest BCUT2D eigenvalue weighted by molar-refractivity contribution is 5.75. The summed E-state index contributed by atoms with van der Waals surface area (Å²) in [6.45, 7) is 5.14. The van der Waals surface area contributed by atoms with Gasteiger partial charge in [-0.05, 0) is 38.8 Å². The van der Waals surface area contributed by atoms with Crippen LogP contribution in [0, 0.1) is 5.92 Å². The minimum atomic E-state index is 0.129. The van der Waals surface area contributed by atoms with Crippen molar-refractivity contribution in [3.8, 4) is 0 Å². The summed E-state index contributed by atoms with van der Waals surface area (Å²) >= 11 is 0. The minimum Gasteiger partial charge on any atom is -0.359 e. The van der Waals surface area contributed by atoms with Crippen molar-refractivity contribution in [2.75, 3.05) is 26.7 Å². The number of piperidine rings is 1. The van der Waals surface area contributed by atoms with Crippen molar-refractivity contribution in [3.05, 3.63) is 0 Å². The molecule has 0 bridgehead atoms. The van der Waals surface area contributed by atoms with E-state index in [9.17, 15) is 4.79 Å². The molecular formula is C11H23N3O. The van der Waals surface area contributed by atoms with Gasteiger partial charge in [0.15, 0.2) is 0 Å². The molecule has 88 valence electrons. The molecule has 0 spiro atoms. The number of carbonyl (C=O) groups is 1. The molecule has 1 atom stereocenters. The summed E-state index contributed by atoms with van der Waals surface area (Å²) in [7, 11) is 1.69. The minimum absolute atomic E-state index is 0.129. The Morgan fingerprint density at radius 2 is 2.13 bits per heavy atom. The van der Waals surface area contributed by atoms with Crippen molar-refractivity contribution >= 4 is 5.91 Å². The van der Waals surface area contributed by atoms with Crippen LogP contribution in [-0.2, 0) is 4.79 Å². The van der Waals surface area contributed by atoms with Gasteiger partial charge in [0.05, 0.1) is 0 Å². The summed E-state index contributed by atoms with van der Waals surface area (Å²) in [5, 5.41) is 2.65. The fourth-order valence-corrected chi connectivity index (χ4v) is 2.09. The van der Waals surface area contributed by atoms with Crippen LogP contribution in [0.25, 0.3) is 0 Å². The second-order valence-corrected chi connectivity index (χ2v) is 4.46. The number of carbonyl (C=O) groups excluding carboxylic acids is 1. The van der Waals surface area contributed by atoms with E-state index in [-0.39, 0.29) is 5.91 Å². The molecule has 4 nitrogen and oxygen atoms in total. The fourth-order valence-electron chi connectivity index (χ4n) is 2.09. The van der Waals surface area contributed by atoms with Gasteiger partial charge in [-0.2, -0.15) is 0 Å². The van der Waals surface area contributed by atoms with Crippen LogP contribution in [0.4, 0.5) is 0 Å². The predicted molar refractivity (Wildman–Crippen MR) is 61.5 cm³/mol. The third-order valence-corrected chi connectivity index (χ3v) is 3.31. The maximum Gasteiger partial charge on any atom is 0.221 e. The maximum atomic E-state index is 11.1. The first-order chi connectivity index (χ1) is 7.13. The van der Waals surface area contributed by atoms with E-state index in [2.05, 4.69) is 17.1 Å². The number of nitrogens with one attached hydrogen (secondary N) is 1. The quantitative estimate of drug-likeness (QED) is 0.700. The lowest BCUT2D eigenvalue weighted by molar-refractivity contribution is -0.121. The van der Waals surface area contributed by atoms with E-state index in [1.54, 1.807) is 7.05 Å². The zero-order chi connectivity index (χ0) is 11.3. The van der Waals surface area contributed by atoms with Gasteiger partial charge in [0.25, 0.3) is 0 Å². The lowest BCUT2D eigenvalue weighted by atomic mass is 9.91. The van der Waals surface area contributed by atoms with E-state index in [0.29, 0.717) is 18.4 Å². The first-order valence-corrected chi connectivity index (χ1v) is 5.82. The SMILES string of the molecule is CNC(=O)CCN1CCC(C(C)N)CC1. The van der Waals surface area contributed by atoms with Crippen LogP contribution in [0.5, 0.6) is 0 Å². The fraction of sp³-hybridized carbons (Fsp3) is 0.909. The van der Waals surface area contributed by atoms with Crippen LogP contribution >= 0.6 is 0 Å². The van der Waals surface area contributed by atoms with Gasteiger partial charge in [0, 0.05) is 26.1 Å². The van der Waals surface area contributed by atoms with Gasteiger partial charge in [-0.3, -0.25) is 4.79 Å². The van der Waals surface area contributed by atoms with E-state index in [4.69, 9.17) is 5.73 Å². The van der Waals surface area contributed by atoms with Crippen molar-refractivity contribution < 1.29 is 4.79 Å². The van der Waals surface area contributed by atoms with Gasteiger partial charge in [-0.1, -0.05) is 0 Å². The molecule has 1 fully saturated rings. The first-order valence-electron chi connectivity index (χ1n) is 5.82. The Hall–Kier alpha value is -0.610. The van der Waals surface area contributed by atoms with Gasteiger partial charge in [-0.15, -0.1) is 0 Å². The molecular weight excluding hydrogens is 190 g/mol. The van der Waals surface area contributed by atoms with Gasteiger partial charge in [0.2, 0.25) is 5.91 Å². The summed E-state index contributed by atoms with van der Waals surface area (Å²) in [6.07, 6.45) is 2.95. The third-order valence-electron chi connectivity index (χ3n) is 3.31. The third kappa shape index (κ3) is 4.18. The molecule has 4 heteroatoms. The number of amides is 1. The number of rotatable bonds is 4. The highest BCUT2D eigenvalue weighted by Crippen LogP contribution is 2.19. The predicted octanol–water partition coefficient (Wildman–Crippen LogP) is 0.182. The monoisotopic (exact) mass is 213 g/mol. The first kappa shape index (κ1) is 12.5. The Morgan fingerprint density at radius 1 is 1.53 bits per heavy atom. The largest absolute Gasteiger partial charge is 0.359 e. The average Bonchev–Trinajstić information content (AvgIpc) is 2.26. The number of likely N-dealkylation sites (tertiary alicyclic amines) is 1. The summed E-state index contributed by atoms with van der Waals surface area (Å²) in [6, 6.07) is 0.311. The lowest BCUT2D eigenvalue weighted by Crippen LogP contribution is -2.40. The smallest absolute Gasteiger partial charge is 0.221 e. The molecule has 3 N–H and O–H groups in total. The Labute approximate surface area is 92.2 Å². The van der Waals surface area contributed by atoms with Crippen LogP contribution in [0.1, 0.15) is 26.2 Å².